The predicted octanol–water partition coefficient (Wildman–Crippen LogP) is 2.18. The molecule has 0 atom stereocenters. The summed E-state index contributed by atoms with van der Waals surface area (Å²) < 4.78 is 10.1. The molecule has 0 radical (unpaired) electrons. The molecule has 0 unspecified atom stereocenters. The minimum Gasteiger partial charge on any atom is -0.490 e. The van der Waals surface area contributed by atoms with Crippen LogP contribution in [0.1, 0.15) is 10.4 Å². The van der Waals surface area contributed by atoms with Crippen molar-refractivity contribution >= 4 is 17.9 Å². The van der Waals surface area contributed by atoms with Crippen molar-refractivity contribution in [2.75, 3.05) is 20.3 Å². The molecule has 0 aliphatic carbocycles. The summed E-state index contributed by atoms with van der Waals surface area (Å²) >= 11 is 5.72. The lowest BCUT2D eigenvalue weighted by molar-refractivity contribution is 0.111. The van der Waals surface area contributed by atoms with E-state index in [1.165, 1.54) is 0 Å². The Morgan fingerprint density at radius 1 is 1.43 bits per heavy atom. The molecule has 0 aliphatic heterocycles. The van der Waals surface area contributed by atoms with E-state index < -0.39 is 0 Å². The molecule has 0 aromatic heterocycles. The number of halogens is 1. The molecular formula is C10H11ClO3. The zero-order chi connectivity index (χ0) is 10.4. The van der Waals surface area contributed by atoms with Gasteiger partial charge in [0.1, 0.15) is 12.4 Å². The van der Waals surface area contributed by atoms with Crippen molar-refractivity contribution in [1.29, 1.82) is 0 Å². The smallest absolute Gasteiger partial charge is 0.153 e. The highest BCUT2D eigenvalue weighted by Gasteiger charge is 2.02. The van der Waals surface area contributed by atoms with Crippen LogP contribution in [0.3, 0.4) is 0 Å². The lowest BCUT2D eigenvalue weighted by atomic mass is 10.2. The highest BCUT2D eigenvalue weighted by Crippen LogP contribution is 2.21. The molecule has 0 spiro atoms. The average molecular weight is 215 g/mol. The maximum absolute atomic E-state index is 10.6. The Bertz CT molecular complexity index is 312. The molecule has 0 aliphatic rings. The zero-order valence-corrected chi connectivity index (χ0v) is 8.58. The summed E-state index contributed by atoms with van der Waals surface area (Å²) in [6.45, 7) is 0.903. The van der Waals surface area contributed by atoms with Crippen LogP contribution in [-0.4, -0.2) is 26.6 Å². The third kappa shape index (κ3) is 3.01. The molecule has 76 valence electrons. The Balaban J connectivity index is 2.70. The van der Waals surface area contributed by atoms with Crippen molar-refractivity contribution in [2.45, 2.75) is 0 Å². The highest BCUT2D eigenvalue weighted by molar-refractivity contribution is 6.30. The van der Waals surface area contributed by atoms with Crippen LogP contribution < -0.4 is 4.74 Å². The molecule has 0 amide bonds. The van der Waals surface area contributed by atoms with E-state index in [1.807, 2.05) is 0 Å². The summed E-state index contributed by atoms with van der Waals surface area (Å²) in [4.78, 5) is 10.6. The quantitative estimate of drug-likeness (QED) is 0.557. The number of benzene rings is 1. The van der Waals surface area contributed by atoms with Crippen molar-refractivity contribution < 1.29 is 14.3 Å². The normalized spacial score (nSPS) is 9.86. The molecule has 0 saturated heterocycles. The van der Waals surface area contributed by atoms with E-state index in [-0.39, 0.29) is 0 Å². The Morgan fingerprint density at radius 3 is 2.86 bits per heavy atom. The molecule has 1 rings (SSSR count). The van der Waals surface area contributed by atoms with Crippen LogP contribution in [0, 0.1) is 0 Å². The summed E-state index contributed by atoms with van der Waals surface area (Å²) in [6, 6.07) is 4.91. The van der Waals surface area contributed by atoms with Crippen LogP contribution in [-0.2, 0) is 4.74 Å². The van der Waals surface area contributed by atoms with Crippen LogP contribution >= 0.6 is 11.6 Å². The van der Waals surface area contributed by atoms with Gasteiger partial charge in [-0.25, -0.2) is 0 Å². The Labute approximate surface area is 87.6 Å². The minimum absolute atomic E-state index is 0.416. The fourth-order valence-electron chi connectivity index (χ4n) is 0.978. The molecule has 0 heterocycles. The first-order valence-electron chi connectivity index (χ1n) is 4.14. The predicted molar refractivity (Wildman–Crippen MR) is 54.2 cm³/mol. The maximum Gasteiger partial charge on any atom is 0.153 e. The van der Waals surface area contributed by atoms with Gasteiger partial charge in [-0.15, -0.1) is 0 Å². The average Bonchev–Trinajstić information content (AvgIpc) is 2.20. The van der Waals surface area contributed by atoms with E-state index in [2.05, 4.69) is 0 Å². The SMILES string of the molecule is COCCOc1ccc(Cl)cc1C=O. The van der Waals surface area contributed by atoms with Gasteiger partial charge in [-0.1, -0.05) is 11.6 Å². The topological polar surface area (TPSA) is 35.5 Å². The Hall–Kier alpha value is -1.06. The van der Waals surface area contributed by atoms with Gasteiger partial charge in [-0.05, 0) is 18.2 Å². The maximum atomic E-state index is 10.6. The van der Waals surface area contributed by atoms with Crippen LogP contribution in [0.2, 0.25) is 5.02 Å². The van der Waals surface area contributed by atoms with Crippen molar-refractivity contribution in [2.24, 2.45) is 0 Å². The van der Waals surface area contributed by atoms with Crippen molar-refractivity contribution in [3.05, 3.63) is 28.8 Å². The molecule has 3 nitrogen and oxygen atoms in total. The number of carbonyl (C=O) groups is 1. The second-order valence-electron chi connectivity index (χ2n) is 2.64. The molecule has 1 aromatic carbocycles. The van der Waals surface area contributed by atoms with Gasteiger partial charge in [0.05, 0.1) is 12.2 Å². The van der Waals surface area contributed by atoms with Crippen LogP contribution in [0.25, 0.3) is 0 Å². The number of rotatable bonds is 5. The Morgan fingerprint density at radius 2 is 2.21 bits per heavy atom. The monoisotopic (exact) mass is 214 g/mol. The molecule has 4 heteroatoms. The van der Waals surface area contributed by atoms with Crippen LogP contribution in [0.15, 0.2) is 18.2 Å². The summed E-state index contributed by atoms with van der Waals surface area (Å²) in [5, 5.41) is 0.520. The lowest BCUT2D eigenvalue weighted by Gasteiger charge is -2.07. The number of carbonyl (C=O) groups excluding carboxylic acids is 1. The first kappa shape index (κ1) is 11.0. The number of methoxy groups -OCH3 is 1. The van der Waals surface area contributed by atoms with Gasteiger partial charge in [0.2, 0.25) is 0 Å². The third-order valence-electron chi connectivity index (χ3n) is 1.64. The van der Waals surface area contributed by atoms with E-state index in [9.17, 15) is 4.79 Å². The van der Waals surface area contributed by atoms with E-state index >= 15 is 0 Å². The largest absolute Gasteiger partial charge is 0.490 e. The van der Waals surface area contributed by atoms with Gasteiger partial charge in [0.15, 0.2) is 6.29 Å². The summed E-state index contributed by atoms with van der Waals surface area (Å²) in [6.07, 6.45) is 0.716. The lowest BCUT2D eigenvalue weighted by Crippen LogP contribution is -2.05. The van der Waals surface area contributed by atoms with Gasteiger partial charge in [-0.2, -0.15) is 0 Å². The number of aldehydes is 1. The highest BCUT2D eigenvalue weighted by atomic mass is 35.5. The van der Waals surface area contributed by atoms with Crippen molar-refractivity contribution in [3.8, 4) is 5.75 Å². The first-order valence-corrected chi connectivity index (χ1v) is 4.52. The van der Waals surface area contributed by atoms with E-state index in [4.69, 9.17) is 21.1 Å². The first-order chi connectivity index (χ1) is 6.77. The minimum atomic E-state index is 0.416. The van der Waals surface area contributed by atoms with Crippen molar-refractivity contribution in [3.63, 3.8) is 0 Å². The molecule has 0 bridgehead atoms. The second kappa shape index (κ2) is 5.62. The van der Waals surface area contributed by atoms with Crippen molar-refractivity contribution in [1.82, 2.24) is 0 Å². The van der Waals surface area contributed by atoms with Gasteiger partial charge in [-0.3, -0.25) is 4.79 Å². The van der Waals surface area contributed by atoms with Gasteiger partial charge in [0, 0.05) is 12.1 Å². The standard InChI is InChI=1S/C10H11ClO3/c1-13-4-5-14-10-3-2-9(11)6-8(10)7-12/h2-3,6-7H,4-5H2,1H3. The number of hydrogen-bond donors (Lipinski definition) is 0. The fraction of sp³-hybridized carbons (Fsp3) is 0.300. The molecule has 0 N–H and O–H groups in total. The fourth-order valence-corrected chi connectivity index (χ4v) is 1.16. The molecule has 0 saturated carbocycles. The van der Waals surface area contributed by atoms with E-state index in [0.29, 0.717) is 35.8 Å². The van der Waals surface area contributed by atoms with Crippen LogP contribution in [0.4, 0.5) is 0 Å². The van der Waals surface area contributed by atoms with E-state index in [0.717, 1.165) is 0 Å². The Kier molecular flexibility index (Phi) is 4.43. The third-order valence-corrected chi connectivity index (χ3v) is 1.88. The summed E-state index contributed by atoms with van der Waals surface area (Å²) in [5.74, 6) is 0.529. The van der Waals surface area contributed by atoms with E-state index in [1.54, 1.807) is 25.3 Å². The van der Waals surface area contributed by atoms with Gasteiger partial charge >= 0.3 is 0 Å². The van der Waals surface area contributed by atoms with Gasteiger partial charge < -0.3 is 9.47 Å². The summed E-state index contributed by atoms with van der Waals surface area (Å²) in [7, 11) is 1.59. The molecule has 0 fully saturated rings. The molecule has 14 heavy (non-hydrogen) atoms. The zero-order valence-electron chi connectivity index (χ0n) is 7.83. The second-order valence-corrected chi connectivity index (χ2v) is 3.08. The summed E-state index contributed by atoms with van der Waals surface area (Å²) in [5.41, 5.74) is 0.452. The van der Waals surface area contributed by atoms with Crippen LogP contribution in [0.5, 0.6) is 5.75 Å². The molecular weight excluding hydrogens is 204 g/mol. The number of ether oxygens (including phenoxy) is 2. The van der Waals surface area contributed by atoms with Gasteiger partial charge in [0.25, 0.3) is 0 Å². The number of hydrogen-bond acceptors (Lipinski definition) is 3. The molecule has 1 aromatic rings.